The molecule has 2 amide bonds. The maximum absolute atomic E-state index is 13.9. The third-order valence-electron chi connectivity index (χ3n) is 6.51. The normalized spacial score (nSPS) is 17.1. The van der Waals surface area contributed by atoms with Crippen molar-refractivity contribution in [2.24, 2.45) is 11.7 Å². The van der Waals surface area contributed by atoms with Gasteiger partial charge < -0.3 is 15.5 Å². The quantitative estimate of drug-likeness (QED) is 0.748. The fourth-order valence-electron chi connectivity index (χ4n) is 4.74. The number of piperidine rings is 1. The number of aryl methyl sites for hydroxylation is 1. The van der Waals surface area contributed by atoms with E-state index >= 15 is 0 Å². The number of benzene rings is 2. The number of carbonyl (C=O) groups excluding carboxylic acids is 2. The van der Waals surface area contributed by atoms with Crippen molar-refractivity contribution < 1.29 is 14.0 Å². The van der Waals surface area contributed by atoms with Crippen LogP contribution in [0.25, 0.3) is 0 Å². The number of nitrogens with two attached hydrogens (primary N) is 1. The number of amides is 2. The summed E-state index contributed by atoms with van der Waals surface area (Å²) in [5.41, 5.74) is 8.57. The van der Waals surface area contributed by atoms with Crippen LogP contribution in [0, 0.1) is 11.7 Å². The lowest BCUT2D eigenvalue weighted by Crippen LogP contribution is -2.44. The number of likely N-dealkylation sites (tertiary alicyclic amines) is 1. The maximum atomic E-state index is 13.9. The summed E-state index contributed by atoms with van der Waals surface area (Å²) in [5.74, 6) is -0.435. The van der Waals surface area contributed by atoms with Gasteiger partial charge in [0.05, 0.1) is 0 Å². The maximum Gasteiger partial charge on any atom is 0.253 e. The molecule has 2 aliphatic heterocycles. The van der Waals surface area contributed by atoms with Crippen molar-refractivity contribution in [3.8, 4) is 0 Å². The summed E-state index contributed by atoms with van der Waals surface area (Å²) < 4.78 is 13.9. The van der Waals surface area contributed by atoms with Gasteiger partial charge in [-0.05, 0) is 92.6 Å². The Balaban J connectivity index is 1.42. The van der Waals surface area contributed by atoms with Gasteiger partial charge in [-0.25, -0.2) is 4.39 Å². The summed E-state index contributed by atoms with van der Waals surface area (Å²) in [6.45, 7) is 2.07. The Kier molecular flexibility index (Phi) is 7.11. The number of carbonyl (C=O) groups is 2. The van der Waals surface area contributed by atoms with Crippen molar-refractivity contribution in [3.63, 3.8) is 0 Å². The van der Waals surface area contributed by atoms with Crippen LogP contribution in [0.1, 0.15) is 47.2 Å². The van der Waals surface area contributed by atoms with Crippen LogP contribution in [0.4, 0.5) is 10.1 Å². The molecule has 170 valence electrons. The van der Waals surface area contributed by atoms with E-state index in [1.807, 2.05) is 23.1 Å². The molecule has 4 rings (SSSR count). The molecule has 2 aliphatic rings. The predicted molar refractivity (Wildman–Crippen MR) is 125 cm³/mol. The Morgan fingerprint density at radius 1 is 1.06 bits per heavy atom. The summed E-state index contributed by atoms with van der Waals surface area (Å²) in [7, 11) is 0. The minimum atomic E-state index is -0.338. The Labute approximate surface area is 193 Å². The Hall–Kier alpha value is -2.44. The molecule has 0 unspecified atom stereocenters. The lowest BCUT2D eigenvalue weighted by molar-refractivity contribution is -0.123. The van der Waals surface area contributed by atoms with E-state index in [2.05, 4.69) is 0 Å². The standard InChI is InChI=1S/C25H29ClFN3O2/c26-21-5-7-23-19(16-21)3-1-2-12-30(23)25(32)17-9-13-29(14-10-17)24(31)20-4-6-22(27)18(15-20)8-11-28/h4-7,15-17H,1-3,8-14,28H2. The number of hydrogen-bond acceptors (Lipinski definition) is 3. The van der Waals surface area contributed by atoms with Gasteiger partial charge in [-0.1, -0.05) is 11.6 Å². The highest BCUT2D eigenvalue weighted by molar-refractivity contribution is 6.30. The molecule has 7 heteroatoms. The number of anilines is 1. The van der Waals surface area contributed by atoms with Gasteiger partial charge in [-0.2, -0.15) is 0 Å². The average molecular weight is 458 g/mol. The van der Waals surface area contributed by atoms with Gasteiger partial charge >= 0.3 is 0 Å². The number of halogens is 2. The third kappa shape index (κ3) is 4.81. The van der Waals surface area contributed by atoms with Crippen LogP contribution in [0.5, 0.6) is 0 Å². The lowest BCUT2D eigenvalue weighted by atomic mass is 9.94. The van der Waals surface area contributed by atoms with E-state index < -0.39 is 0 Å². The van der Waals surface area contributed by atoms with Crippen LogP contribution >= 0.6 is 11.6 Å². The zero-order chi connectivity index (χ0) is 22.7. The van der Waals surface area contributed by atoms with Crippen LogP contribution in [0.2, 0.25) is 5.02 Å². The molecule has 0 radical (unpaired) electrons. The molecule has 0 saturated carbocycles. The summed E-state index contributed by atoms with van der Waals surface area (Å²) in [5, 5.41) is 0.695. The molecule has 1 saturated heterocycles. The van der Waals surface area contributed by atoms with Gasteiger partial charge in [-0.15, -0.1) is 0 Å². The highest BCUT2D eigenvalue weighted by Crippen LogP contribution is 2.32. The van der Waals surface area contributed by atoms with Crippen LogP contribution in [-0.2, 0) is 17.6 Å². The highest BCUT2D eigenvalue weighted by atomic mass is 35.5. The van der Waals surface area contributed by atoms with Crippen LogP contribution < -0.4 is 10.6 Å². The zero-order valence-corrected chi connectivity index (χ0v) is 18.9. The molecule has 0 atom stereocenters. The molecule has 0 aliphatic carbocycles. The zero-order valence-electron chi connectivity index (χ0n) is 18.2. The Bertz CT molecular complexity index is 1000. The van der Waals surface area contributed by atoms with Gasteiger partial charge in [0, 0.05) is 41.8 Å². The van der Waals surface area contributed by atoms with Gasteiger partial charge in [0.25, 0.3) is 5.91 Å². The number of hydrogen-bond donors (Lipinski definition) is 1. The first kappa shape index (κ1) is 22.7. The summed E-state index contributed by atoms with van der Waals surface area (Å²) in [6, 6.07) is 10.2. The van der Waals surface area contributed by atoms with Crippen molar-refractivity contribution in [2.75, 3.05) is 31.1 Å². The van der Waals surface area contributed by atoms with E-state index in [-0.39, 0.29) is 23.5 Å². The van der Waals surface area contributed by atoms with Crippen molar-refractivity contribution >= 4 is 29.1 Å². The molecule has 0 spiro atoms. The van der Waals surface area contributed by atoms with E-state index in [0.717, 1.165) is 30.5 Å². The number of fused-ring (bicyclic) bond motifs is 1. The molecule has 2 N–H and O–H groups in total. The van der Waals surface area contributed by atoms with Crippen LogP contribution in [0.15, 0.2) is 36.4 Å². The van der Waals surface area contributed by atoms with Gasteiger partial charge in [0.15, 0.2) is 0 Å². The van der Waals surface area contributed by atoms with Gasteiger partial charge in [0.2, 0.25) is 5.91 Å². The second-order valence-electron chi connectivity index (χ2n) is 8.63. The van der Waals surface area contributed by atoms with Crippen molar-refractivity contribution in [1.82, 2.24) is 4.90 Å². The van der Waals surface area contributed by atoms with Gasteiger partial charge in [-0.3, -0.25) is 9.59 Å². The first-order valence-corrected chi connectivity index (χ1v) is 11.7. The SMILES string of the molecule is NCCc1cc(C(=O)N2CCC(C(=O)N3CCCCc4cc(Cl)ccc43)CC2)ccc1F. The van der Waals surface area contributed by atoms with E-state index in [9.17, 15) is 14.0 Å². The molecular weight excluding hydrogens is 429 g/mol. The van der Waals surface area contributed by atoms with E-state index in [4.69, 9.17) is 17.3 Å². The average Bonchev–Trinajstić information content (AvgIpc) is 3.02. The first-order chi connectivity index (χ1) is 15.5. The minimum Gasteiger partial charge on any atom is -0.339 e. The van der Waals surface area contributed by atoms with Crippen molar-refractivity contribution in [3.05, 3.63) is 63.9 Å². The predicted octanol–water partition coefficient (Wildman–Crippen LogP) is 4.20. The monoisotopic (exact) mass is 457 g/mol. The van der Waals surface area contributed by atoms with Gasteiger partial charge in [0.1, 0.15) is 5.82 Å². The Morgan fingerprint density at radius 2 is 1.84 bits per heavy atom. The molecule has 5 nitrogen and oxygen atoms in total. The van der Waals surface area contributed by atoms with Crippen LogP contribution in [-0.4, -0.2) is 42.9 Å². The summed E-state index contributed by atoms with van der Waals surface area (Å²) in [6.07, 6.45) is 4.57. The molecule has 2 aromatic carbocycles. The molecule has 2 aromatic rings. The largest absolute Gasteiger partial charge is 0.339 e. The fourth-order valence-corrected chi connectivity index (χ4v) is 4.93. The smallest absolute Gasteiger partial charge is 0.253 e. The summed E-state index contributed by atoms with van der Waals surface area (Å²) in [4.78, 5) is 30.0. The molecule has 32 heavy (non-hydrogen) atoms. The highest BCUT2D eigenvalue weighted by Gasteiger charge is 2.32. The second kappa shape index (κ2) is 10.0. The fraction of sp³-hybridized carbons (Fsp3) is 0.440. The molecule has 0 aromatic heterocycles. The van der Waals surface area contributed by atoms with Crippen molar-refractivity contribution in [2.45, 2.75) is 38.5 Å². The first-order valence-electron chi connectivity index (χ1n) is 11.4. The number of nitrogens with zero attached hydrogens (tertiary/aromatic N) is 2. The van der Waals surface area contributed by atoms with E-state index in [0.29, 0.717) is 61.6 Å². The molecule has 2 heterocycles. The van der Waals surface area contributed by atoms with E-state index in [1.54, 1.807) is 11.0 Å². The molecule has 0 bridgehead atoms. The third-order valence-corrected chi connectivity index (χ3v) is 6.75. The Morgan fingerprint density at radius 3 is 2.59 bits per heavy atom. The number of rotatable bonds is 4. The molecular formula is C25H29ClFN3O2. The minimum absolute atomic E-state index is 0.110. The summed E-state index contributed by atoms with van der Waals surface area (Å²) >= 11 is 6.17. The topological polar surface area (TPSA) is 66.6 Å². The van der Waals surface area contributed by atoms with Crippen molar-refractivity contribution in [1.29, 1.82) is 0 Å². The molecule has 1 fully saturated rings. The lowest BCUT2D eigenvalue weighted by Gasteiger charge is -2.34. The second-order valence-corrected chi connectivity index (χ2v) is 9.07. The van der Waals surface area contributed by atoms with Crippen LogP contribution in [0.3, 0.4) is 0 Å². The van der Waals surface area contributed by atoms with E-state index in [1.165, 1.54) is 12.1 Å².